The summed E-state index contributed by atoms with van der Waals surface area (Å²) in [6, 6.07) is -0.582. The van der Waals surface area contributed by atoms with Crippen LogP contribution in [0.3, 0.4) is 0 Å². The lowest BCUT2D eigenvalue weighted by Crippen LogP contribution is -2.46. The van der Waals surface area contributed by atoms with E-state index in [0.717, 1.165) is 12.8 Å². The predicted molar refractivity (Wildman–Crippen MR) is 73.2 cm³/mol. The molecule has 1 rings (SSSR count). The molecule has 7 nitrogen and oxygen atoms in total. The second-order valence-electron chi connectivity index (χ2n) is 5.07. The lowest BCUT2D eigenvalue weighted by molar-refractivity contribution is -0.144. The molecule has 0 aromatic rings. The molecule has 114 valence electrons. The molecule has 0 aromatic heterocycles. The molecule has 1 fully saturated rings. The van der Waals surface area contributed by atoms with E-state index in [1.807, 2.05) is 6.92 Å². The van der Waals surface area contributed by atoms with E-state index in [4.69, 9.17) is 5.11 Å². The van der Waals surface area contributed by atoms with Gasteiger partial charge in [0.25, 0.3) is 0 Å². The third-order valence-corrected chi connectivity index (χ3v) is 3.37. The average Bonchev–Trinajstić information content (AvgIpc) is 2.84. The molecule has 20 heavy (non-hydrogen) atoms. The topological polar surface area (TPSA) is 90.0 Å². The highest BCUT2D eigenvalue weighted by atomic mass is 16.4. The summed E-state index contributed by atoms with van der Waals surface area (Å²) in [5, 5.41) is 11.7. The maximum absolute atomic E-state index is 12.0. The van der Waals surface area contributed by atoms with Gasteiger partial charge in [0.05, 0.1) is 13.1 Å². The molecule has 1 aliphatic rings. The Labute approximate surface area is 118 Å². The first kappa shape index (κ1) is 16.4. The van der Waals surface area contributed by atoms with Crippen molar-refractivity contribution in [3.8, 4) is 0 Å². The Morgan fingerprint density at radius 2 is 2.10 bits per heavy atom. The van der Waals surface area contributed by atoms with Gasteiger partial charge in [-0.25, -0.2) is 0 Å². The van der Waals surface area contributed by atoms with Crippen LogP contribution in [-0.2, 0) is 14.4 Å². The molecule has 0 spiro atoms. The number of amides is 2. The summed E-state index contributed by atoms with van der Waals surface area (Å²) in [5.41, 5.74) is 0. The monoisotopic (exact) mass is 285 g/mol. The smallest absolute Gasteiger partial charge is 0.320 e. The second kappa shape index (κ2) is 7.84. The zero-order chi connectivity index (χ0) is 15.1. The van der Waals surface area contributed by atoms with Gasteiger partial charge in [0.2, 0.25) is 11.8 Å². The number of nitrogens with zero attached hydrogens (tertiary/aromatic N) is 2. The molecule has 2 N–H and O–H groups in total. The Balaban J connectivity index is 2.41. The van der Waals surface area contributed by atoms with Crippen LogP contribution in [0.5, 0.6) is 0 Å². The molecule has 1 heterocycles. The molecule has 0 aliphatic carbocycles. The number of carboxylic acids is 1. The zero-order valence-electron chi connectivity index (χ0n) is 12.1. The fourth-order valence-corrected chi connectivity index (χ4v) is 2.21. The number of nitrogens with one attached hydrogen (secondary N) is 1. The number of carboxylic acid groups (broad SMARTS) is 1. The normalized spacial score (nSPS) is 18.8. The lowest BCUT2D eigenvalue weighted by atomic mass is 10.2. The van der Waals surface area contributed by atoms with E-state index in [1.54, 1.807) is 11.9 Å². The minimum Gasteiger partial charge on any atom is -0.480 e. The van der Waals surface area contributed by atoms with E-state index < -0.39 is 12.0 Å². The van der Waals surface area contributed by atoms with Gasteiger partial charge >= 0.3 is 5.97 Å². The van der Waals surface area contributed by atoms with E-state index in [-0.39, 0.29) is 24.9 Å². The summed E-state index contributed by atoms with van der Waals surface area (Å²) in [4.78, 5) is 37.5. The van der Waals surface area contributed by atoms with Crippen LogP contribution in [-0.4, -0.2) is 72.0 Å². The van der Waals surface area contributed by atoms with Gasteiger partial charge in [-0.3, -0.25) is 19.3 Å². The summed E-state index contributed by atoms with van der Waals surface area (Å²) < 4.78 is 0. The van der Waals surface area contributed by atoms with Crippen molar-refractivity contribution in [2.45, 2.75) is 32.2 Å². The highest BCUT2D eigenvalue weighted by Crippen LogP contribution is 2.16. The third kappa shape index (κ3) is 4.80. The van der Waals surface area contributed by atoms with Crippen molar-refractivity contribution in [3.63, 3.8) is 0 Å². The van der Waals surface area contributed by atoms with E-state index in [0.29, 0.717) is 19.5 Å². The quantitative estimate of drug-likeness (QED) is 0.659. The minimum absolute atomic E-state index is 0.00438. The molecule has 0 saturated carbocycles. The number of carbonyl (C=O) groups is 3. The highest BCUT2D eigenvalue weighted by Gasteiger charge is 2.32. The minimum atomic E-state index is -0.890. The molecule has 0 radical (unpaired) electrons. The molecule has 2 amide bonds. The molecule has 0 bridgehead atoms. The Kier molecular flexibility index (Phi) is 6.44. The second-order valence-corrected chi connectivity index (χ2v) is 5.07. The molecule has 0 unspecified atom stereocenters. The molecule has 7 heteroatoms. The van der Waals surface area contributed by atoms with Gasteiger partial charge in [0.15, 0.2) is 0 Å². The summed E-state index contributed by atoms with van der Waals surface area (Å²) in [6.45, 7) is 3.21. The van der Waals surface area contributed by atoms with Crippen molar-refractivity contribution in [3.05, 3.63) is 0 Å². The maximum atomic E-state index is 12.0. The van der Waals surface area contributed by atoms with Crippen LogP contribution >= 0.6 is 0 Å². The van der Waals surface area contributed by atoms with Crippen molar-refractivity contribution in [2.24, 2.45) is 0 Å². The van der Waals surface area contributed by atoms with Crippen LogP contribution in [0.15, 0.2) is 0 Å². The summed E-state index contributed by atoms with van der Waals surface area (Å²) in [6.07, 6.45) is 2.20. The molecule has 1 atom stereocenters. The fourth-order valence-electron chi connectivity index (χ4n) is 2.21. The van der Waals surface area contributed by atoms with Gasteiger partial charge in [-0.1, -0.05) is 6.92 Å². The number of likely N-dealkylation sites (N-methyl/N-ethyl adjacent to an activating group) is 1. The number of hydrogen-bond acceptors (Lipinski definition) is 4. The largest absolute Gasteiger partial charge is 0.480 e. The number of carbonyl (C=O) groups excluding carboxylic acids is 2. The van der Waals surface area contributed by atoms with Crippen molar-refractivity contribution < 1.29 is 19.5 Å². The fraction of sp³-hybridized carbons (Fsp3) is 0.769. The summed E-state index contributed by atoms with van der Waals surface area (Å²) in [7, 11) is 1.56. The van der Waals surface area contributed by atoms with Crippen molar-refractivity contribution in [2.75, 3.05) is 33.2 Å². The van der Waals surface area contributed by atoms with Gasteiger partial charge in [0, 0.05) is 13.6 Å². The molecular formula is C13H23N3O4. The molecule has 0 aromatic carbocycles. The van der Waals surface area contributed by atoms with Gasteiger partial charge in [-0.2, -0.15) is 0 Å². The van der Waals surface area contributed by atoms with Crippen LogP contribution < -0.4 is 5.32 Å². The third-order valence-electron chi connectivity index (χ3n) is 3.37. The van der Waals surface area contributed by atoms with Gasteiger partial charge in [-0.05, 0) is 25.8 Å². The van der Waals surface area contributed by atoms with Crippen LogP contribution in [0.4, 0.5) is 0 Å². The van der Waals surface area contributed by atoms with Gasteiger partial charge < -0.3 is 15.3 Å². The van der Waals surface area contributed by atoms with E-state index in [9.17, 15) is 14.4 Å². The van der Waals surface area contributed by atoms with E-state index in [1.165, 1.54) is 4.90 Å². The predicted octanol–water partition coefficient (Wildman–Crippen LogP) is -0.480. The Hall–Kier alpha value is -1.63. The van der Waals surface area contributed by atoms with Crippen LogP contribution in [0, 0.1) is 0 Å². The average molecular weight is 285 g/mol. The Bertz CT molecular complexity index is 373. The Morgan fingerprint density at radius 3 is 2.70 bits per heavy atom. The lowest BCUT2D eigenvalue weighted by Gasteiger charge is -2.24. The van der Waals surface area contributed by atoms with Crippen LogP contribution in [0.1, 0.15) is 26.2 Å². The van der Waals surface area contributed by atoms with Crippen LogP contribution in [0.2, 0.25) is 0 Å². The standard InChI is InChI=1S/C13H23N3O4/c1-3-6-14-11(17)8-15(2)12(18)9-16-7-4-5-10(16)13(19)20/h10H,3-9H2,1-2H3,(H,14,17)(H,19,20)/t10-/m0/s1. The SMILES string of the molecule is CCCNC(=O)CN(C)C(=O)CN1CCC[C@H]1C(=O)O. The Morgan fingerprint density at radius 1 is 1.40 bits per heavy atom. The first-order valence-electron chi connectivity index (χ1n) is 6.93. The molecule has 1 saturated heterocycles. The van der Waals surface area contributed by atoms with Crippen molar-refractivity contribution in [1.29, 1.82) is 0 Å². The van der Waals surface area contributed by atoms with Crippen molar-refractivity contribution in [1.82, 2.24) is 15.1 Å². The summed E-state index contributed by atoms with van der Waals surface area (Å²) in [5.74, 6) is -1.32. The van der Waals surface area contributed by atoms with Gasteiger partial charge in [-0.15, -0.1) is 0 Å². The zero-order valence-corrected chi connectivity index (χ0v) is 12.1. The number of rotatable bonds is 7. The first-order chi connectivity index (χ1) is 9.45. The van der Waals surface area contributed by atoms with E-state index in [2.05, 4.69) is 5.32 Å². The number of hydrogen-bond donors (Lipinski definition) is 2. The highest BCUT2D eigenvalue weighted by molar-refractivity contribution is 5.86. The van der Waals surface area contributed by atoms with Gasteiger partial charge in [0.1, 0.15) is 6.04 Å². The van der Waals surface area contributed by atoms with Crippen LogP contribution in [0.25, 0.3) is 0 Å². The maximum Gasteiger partial charge on any atom is 0.320 e. The number of aliphatic carboxylic acids is 1. The summed E-state index contributed by atoms with van der Waals surface area (Å²) >= 11 is 0. The first-order valence-corrected chi connectivity index (χ1v) is 6.93. The number of likely N-dealkylation sites (tertiary alicyclic amines) is 1. The molecule has 1 aliphatic heterocycles. The molecular weight excluding hydrogens is 262 g/mol. The van der Waals surface area contributed by atoms with E-state index >= 15 is 0 Å². The van der Waals surface area contributed by atoms with Crippen molar-refractivity contribution >= 4 is 17.8 Å².